The Hall–Kier alpha value is -2.09. The van der Waals surface area contributed by atoms with Gasteiger partial charge in [-0.15, -0.1) is 0 Å². The maximum atomic E-state index is 11.8. The van der Waals surface area contributed by atoms with Gasteiger partial charge in [0, 0.05) is 12.2 Å². The number of carbonyl (C=O) groups is 1. The molecular weight excluding hydrogens is 228 g/mol. The molecule has 0 aliphatic heterocycles. The molecule has 0 saturated heterocycles. The quantitative estimate of drug-likeness (QED) is 0.826. The van der Waals surface area contributed by atoms with Crippen LogP contribution in [0.5, 0.6) is 0 Å². The zero-order valence-electron chi connectivity index (χ0n) is 10.3. The van der Waals surface area contributed by atoms with Crippen molar-refractivity contribution < 1.29 is 4.79 Å². The molecule has 1 aromatic heterocycles. The van der Waals surface area contributed by atoms with E-state index in [1.165, 1.54) is 19.0 Å². The van der Waals surface area contributed by atoms with E-state index in [0.717, 1.165) is 5.82 Å². The topological polar surface area (TPSA) is 77.8 Å². The number of nitriles is 1. The van der Waals surface area contributed by atoms with Crippen LogP contribution in [0.1, 0.15) is 36.5 Å². The highest BCUT2D eigenvalue weighted by molar-refractivity contribution is 5.94. The minimum atomic E-state index is -0.443. The van der Waals surface area contributed by atoms with Gasteiger partial charge in [0.1, 0.15) is 11.9 Å². The third kappa shape index (κ3) is 3.20. The molecule has 1 aliphatic rings. The molecule has 1 saturated carbocycles. The van der Waals surface area contributed by atoms with E-state index in [0.29, 0.717) is 18.0 Å². The molecule has 0 unspecified atom stereocenters. The molecule has 2 N–H and O–H groups in total. The van der Waals surface area contributed by atoms with Crippen molar-refractivity contribution in [2.75, 3.05) is 5.32 Å². The highest BCUT2D eigenvalue weighted by Crippen LogP contribution is 2.23. The number of nitrogens with zero attached hydrogens (tertiary/aromatic N) is 2. The van der Waals surface area contributed by atoms with Gasteiger partial charge in [0.15, 0.2) is 0 Å². The van der Waals surface area contributed by atoms with Crippen molar-refractivity contribution in [2.45, 2.75) is 38.3 Å². The Morgan fingerprint density at radius 2 is 2.39 bits per heavy atom. The maximum absolute atomic E-state index is 11.8. The van der Waals surface area contributed by atoms with Crippen molar-refractivity contribution >= 4 is 11.7 Å². The van der Waals surface area contributed by atoms with E-state index in [2.05, 4.69) is 15.6 Å². The molecule has 5 nitrogen and oxygen atoms in total. The zero-order chi connectivity index (χ0) is 13.0. The predicted octanol–water partition coefficient (Wildman–Crippen LogP) is 1.69. The SMILES string of the molecule is CC[C@@H](C#N)NC(=O)c1ccc(NC2CC2)nc1. The molecule has 1 fully saturated rings. The number of carbonyl (C=O) groups excluding carboxylic acids is 1. The second-order valence-corrected chi connectivity index (χ2v) is 4.41. The molecule has 0 radical (unpaired) electrons. The highest BCUT2D eigenvalue weighted by Gasteiger charge is 2.21. The number of amides is 1. The van der Waals surface area contributed by atoms with E-state index >= 15 is 0 Å². The average molecular weight is 244 g/mol. The molecule has 2 rings (SSSR count). The van der Waals surface area contributed by atoms with Crippen LogP contribution >= 0.6 is 0 Å². The van der Waals surface area contributed by atoms with Gasteiger partial charge in [0.05, 0.1) is 11.6 Å². The largest absolute Gasteiger partial charge is 0.367 e. The summed E-state index contributed by atoms with van der Waals surface area (Å²) in [6.45, 7) is 1.86. The van der Waals surface area contributed by atoms with Crippen LogP contribution in [-0.4, -0.2) is 23.0 Å². The van der Waals surface area contributed by atoms with Crippen molar-refractivity contribution in [1.82, 2.24) is 10.3 Å². The van der Waals surface area contributed by atoms with Crippen LogP contribution in [0.15, 0.2) is 18.3 Å². The van der Waals surface area contributed by atoms with Gasteiger partial charge >= 0.3 is 0 Å². The summed E-state index contributed by atoms with van der Waals surface area (Å²) < 4.78 is 0. The first-order chi connectivity index (χ1) is 8.72. The van der Waals surface area contributed by atoms with Crippen LogP contribution in [-0.2, 0) is 0 Å². The lowest BCUT2D eigenvalue weighted by Gasteiger charge is -2.09. The number of pyridine rings is 1. The minimum Gasteiger partial charge on any atom is -0.367 e. The Morgan fingerprint density at radius 3 is 2.89 bits per heavy atom. The van der Waals surface area contributed by atoms with Gasteiger partial charge in [0.25, 0.3) is 5.91 Å². The van der Waals surface area contributed by atoms with E-state index in [4.69, 9.17) is 5.26 Å². The van der Waals surface area contributed by atoms with Gasteiger partial charge in [-0.05, 0) is 31.4 Å². The summed E-state index contributed by atoms with van der Waals surface area (Å²) in [7, 11) is 0. The van der Waals surface area contributed by atoms with Crippen LogP contribution in [0.4, 0.5) is 5.82 Å². The Balaban J connectivity index is 1.95. The standard InChI is InChI=1S/C13H16N4O/c1-2-10(7-14)17-13(18)9-3-6-12(15-8-9)16-11-4-5-11/h3,6,8,10-11H,2,4-5H2,1H3,(H,15,16)(H,17,18)/t10-/m0/s1. The average Bonchev–Trinajstić information content (AvgIpc) is 3.20. The summed E-state index contributed by atoms with van der Waals surface area (Å²) in [5.41, 5.74) is 0.477. The lowest BCUT2D eigenvalue weighted by atomic mass is 10.2. The second kappa shape index (κ2) is 5.50. The molecule has 94 valence electrons. The van der Waals surface area contributed by atoms with Gasteiger partial charge in [0.2, 0.25) is 0 Å². The summed E-state index contributed by atoms with van der Waals surface area (Å²) in [5, 5.41) is 14.7. The van der Waals surface area contributed by atoms with Crippen molar-refractivity contribution in [2.24, 2.45) is 0 Å². The van der Waals surface area contributed by atoms with Crippen LogP contribution in [0.25, 0.3) is 0 Å². The Morgan fingerprint density at radius 1 is 1.61 bits per heavy atom. The normalized spacial score (nSPS) is 15.6. The molecule has 1 aliphatic carbocycles. The molecule has 1 amide bonds. The number of rotatable bonds is 5. The fraction of sp³-hybridized carbons (Fsp3) is 0.462. The number of hydrogen-bond acceptors (Lipinski definition) is 4. The lowest BCUT2D eigenvalue weighted by Crippen LogP contribution is -2.33. The number of nitrogens with one attached hydrogen (secondary N) is 2. The second-order valence-electron chi connectivity index (χ2n) is 4.41. The third-order valence-electron chi connectivity index (χ3n) is 2.82. The first-order valence-electron chi connectivity index (χ1n) is 6.16. The molecule has 5 heteroatoms. The van der Waals surface area contributed by atoms with Gasteiger partial charge in [-0.1, -0.05) is 6.92 Å². The first-order valence-corrected chi connectivity index (χ1v) is 6.16. The Kier molecular flexibility index (Phi) is 3.78. The summed E-state index contributed by atoms with van der Waals surface area (Å²) in [4.78, 5) is 16.0. The van der Waals surface area contributed by atoms with E-state index in [-0.39, 0.29) is 5.91 Å². The molecular formula is C13H16N4O. The molecule has 1 aromatic rings. The zero-order valence-corrected chi connectivity index (χ0v) is 10.3. The molecule has 0 spiro atoms. The van der Waals surface area contributed by atoms with Crippen molar-refractivity contribution in [3.05, 3.63) is 23.9 Å². The predicted molar refractivity (Wildman–Crippen MR) is 68.0 cm³/mol. The van der Waals surface area contributed by atoms with Crippen LogP contribution in [0, 0.1) is 11.3 Å². The van der Waals surface area contributed by atoms with E-state index < -0.39 is 6.04 Å². The smallest absolute Gasteiger partial charge is 0.253 e. The lowest BCUT2D eigenvalue weighted by molar-refractivity contribution is 0.0944. The van der Waals surface area contributed by atoms with Gasteiger partial charge in [-0.2, -0.15) is 5.26 Å². The van der Waals surface area contributed by atoms with Crippen LogP contribution < -0.4 is 10.6 Å². The fourth-order valence-electron chi connectivity index (χ4n) is 1.52. The van der Waals surface area contributed by atoms with Gasteiger partial charge in [-0.3, -0.25) is 4.79 Å². The van der Waals surface area contributed by atoms with E-state index in [9.17, 15) is 4.79 Å². The number of aromatic nitrogens is 1. The maximum Gasteiger partial charge on any atom is 0.253 e. The Bertz CT molecular complexity index is 459. The number of anilines is 1. The highest BCUT2D eigenvalue weighted by atomic mass is 16.1. The number of hydrogen-bond donors (Lipinski definition) is 2. The Labute approximate surface area is 106 Å². The third-order valence-corrected chi connectivity index (χ3v) is 2.82. The molecule has 0 bridgehead atoms. The fourth-order valence-corrected chi connectivity index (χ4v) is 1.52. The van der Waals surface area contributed by atoms with Crippen molar-refractivity contribution in [3.63, 3.8) is 0 Å². The summed E-state index contributed by atoms with van der Waals surface area (Å²) in [6, 6.07) is 5.64. The van der Waals surface area contributed by atoms with Gasteiger partial charge in [-0.25, -0.2) is 4.98 Å². The minimum absolute atomic E-state index is 0.256. The molecule has 1 atom stereocenters. The summed E-state index contributed by atoms with van der Waals surface area (Å²) >= 11 is 0. The summed E-state index contributed by atoms with van der Waals surface area (Å²) in [5.74, 6) is 0.537. The molecule has 18 heavy (non-hydrogen) atoms. The van der Waals surface area contributed by atoms with E-state index in [1.807, 2.05) is 13.0 Å². The van der Waals surface area contributed by atoms with Crippen molar-refractivity contribution in [3.8, 4) is 6.07 Å². The van der Waals surface area contributed by atoms with Crippen LogP contribution in [0.2, 0.25) is 0 Å². The van der Waals surface area contributed by atoms with Gasteiger partial charge < -0.3 is 10.6 Å². The first kappa shape index (κ1) is 12.4. The van der Waals surface area contributed by atoms with Crippen LogP contribution in [0.3, 0.4) is 0 Å². The van der Waals surface area contributed by atoms with Crippen molar-refractivity contribution in [1.29, 1.82) is 5.26 Å². The monoisotopic (exact) mass is 244 g/mol. The molecule has 1 heterocycles. The molecule has 0 aromatic carbocycles. The van der Waals surface area contributed by atoms with E-state index in [1.54, 1.807) is 12.1 Å². The summed E-state index contributed by atoms with van der Waals surface area (Å²) in [6.07, 6.45) is 4.50.